The second-order valence-electron chi connectivity index (χ2n) is 7.38. The van der Waals surface area contributed by atoms with Crippen LogP contribution in [0.4, 0.5) is 5.82 Å². The molecule has 0 saturated heterocycles. The number of esters is 1. The number of aromatic nitrogens is 2. The van der Waals surface area contributed by atoms with Gasteiger partial charge >= 0.3 is 5.97 Å². The van der Waals surface area contributed by atoms with Crippen molar-refractivity contribution in [3.63, 3.8) is 0 Å². The van der Waals surface area contributed by atoms with Crippen molar-refractivity contribution in [1.82, 2.24) is 9.38 Å². The number of rotatable bonds is 6. The monoisotopic (exact) mass is 419 g/mol. The number of nitrogens with zero attached hydrogens (tertiary/aromatic N) is 2. The molecule has 0 radical (unpaired) electrons. The Bertz CT molecular complexity index is 1220. The summed E-state index contributed by atoms with van der Waals surface area (Å²) in [6, 6.07) is 16.7. The zero-order valence-corrected chi connectivity index (χ0v) is 18.5. The summed E-state index contributed by atoms with van der Waals surface area (Å²) in [5.41, 5.74) is 6.37. The molecule has 0 amide bonds. The number of nitrogens with one attached hydrogen (secondary N) is 1. The number of carbonyl (C=O) groups is 1. The van der Waals surface area contributed by atoms with Crippen LogP contribution in [0, 0.1) is 20.8 Å². The van der Waals surface area contributed by atoms with E-state index in [1.54, 1.807) is 0 Å². The molecule has 2 aromatic heterocycles. The van der Waals surface area contributed by atoms with Crippen molar-refractivity contribution in [2.45, 2.75) is 34.2 Å². The molecule has 5 nitrogen and oxygen atoms in total. The van der Waals surface area contributed by atoms with Gasteiger partial charge < -0.3 is 10.1 Å². The lowest BCUT2D eigenvalue weighted by Crippen LogP contribution is -2.07. The third kappa shape index (κ3) is 3.83. The summed E-state index contributed by atoms with van der Waals surface area (Å²) in [4.78, 5) is 18.6. The van der Waals surface area contributed by atoms with Gasteiger partial charge in [0.05, 0.1) is 6.61 Å². The van der Waals surface area contributed by atoms with Gasteiger partial charge in [-0.05, 0) is 39.3 Å². The Balaban J connectivity index is 1.81. The van der Waals surface area contributed by atoms with Crippen LogP contribution in [0.15, 0.2) is 48.5 Å². The molecule has 4 rings (SSSR count). The van der Waals surface area contributed by atoms with Gasteiger partial charge in [-0.3, -0.25) is 4.40 Å². The van der Waals surface area contributed by atoms with Crippen LogP contribution in [0.3, 0.4) is 0 Å². The Hall–Kier alpha value is -3.12. The molecule has 154 valence electrons. The van der Waals surface area contributed by atoms with Gasteiger partial charge in [0.2, 0.25) is 0 Å². The first-order chi connectivity index (χ1) is 14.5. The molecule has 0 aliphatic rings. The second-order valence-corrected chi connectivity index (χ2v) is 8.35. The van der Waals surface area contributed by atoms with Crippen LogP contribution >= 0.6 is 11.3 Å². The smallest absolute Gasteiger partial charge is 0.350 e. The number of hydrogen-bond acceptors (Lipinski definition) is 5. The maximum absolute atomic E-state index is 12.4. The van der Waals surface area contributed by atoms with E-state index in [0.717, 1.165) is 27.7 Å². The number of anilines is 1. The van der Waals surface area contributed by atoms with E-state index in [2.05, 4.69) is 61.6 Å². The molecule has 6 heteroatoms. The minimum atomic E-state index is -0.299. The average Bonchev–Trinajstić information content (AvgIpc) is 3.23. The summed E-state index contributed by atoms with van der Waals surface area (Å²) in [6.45, 7) is 8.94. The molecule has 0 unspecified atom stereocenters. The summed E-state index contributed by atoms with van der Waals surface area (Å²) in [5.74, 6) is 0.591. The van der Waals surface area contributed by atoms with E-state index >= 15 is 0 Å². The molecule has 0 atom stereocenters. The largest absolute Gasteiger partial charge is 0.462 e. The number of imidazole rings is 1. The Labute approximate surface area is 180 Å². The number of benzene rings is 2. The van der Waals surface area contributed by atoms with Crippen molar-refractivity contribution < 1.29 is 9.53 Å². The third-order valence-electron chi connectivity index (χ3n) is 5.00. The fraction of sp³-hybridized carbons (Fsp3) is 0.250. The zero-order chi connectivity index (χ0) is 21.3. The normalized spacial score (nSPS) is 11.1. The first-order valence-corrected chi connectivity index (χ1v) is 10.8. The van der Waals surface area contributed by atoms with Gasteiger partial charge in [-0.2, -0.15) is 0 Å². The Morgan fingerprint density at radius 3 is 2.53 bits per heavy atom. The highest BCUT2D eigenvalue weighted by atomic mass is 32.1. The summed E-state index contributed by atoms with van der Waals surface area (Å²) < 4.78 is 7.26. The lowest BCUT2D eigenvalue weighted by atomic mass is 10.1. The zero-order valence-electron chi connectivity index (χ0n) is 17.7. The van der Waals surface area contributed by atoms with Gasteiger partial charge in [-0.25, -0.2) is 9.78 Å². The molecular weight excluding hydrogens is 394 g/mol. The van der Waals surface area contributed by atoms with Gasteiger partial charge in [-0.1, -0.05) is 64.9 Å². The molecule has 0 saturated carbocycles. The molecule has 1 N–H and O–H groups in total. The molecule has 0 bridgehead atoms. The van der Waals surface area contributed by atoms with Gasteiger partial charge in [0.25, 0.3) is 0 Å². The predicted molar refractivity (Wildman–Crippen MR) is 122 cm³/mol. The SMILES string of the molecule is CCOC(=O)c1sc2nc(-c3cccc(C)c3)c(NCc3cccc(C)c3)n2c1C. The maximum Gasteiger partial charge on any atom is 0.350 e. The summed E-state index contributed by atoms with van der Waals surface area (Å²) in [6.07, 6.45) is 0. The molecule has 30 heavy (non-hydrogen) atoms. The van der Waals surface area contributed by atoms with E-state index in [1.165, 1.54) is 28.0 Å². The highest BCUT2D eigenvalue weighted by Crippen LogP contribution is 2.35. The predicted octanol–water partition coefficient (Wildman–Crippen LogP) is 5.78. The van der Waals surface area contributed by atoms with Crippen LogP contribution < -0.4 is 5.32 Å². The fourth-order valence-corrected chi connectivity index (χ4v) is 4.62. The Morgan fingerprint density at radius 1 is 1.10 bits per heavy atom. The van der Waals surface area contributed by atoms with Crippen molar-refractivity contribution in [1.29, 1.82) is 0 Å². The number of aryl methyl sites for hydroxylation is 3. The van der Waals surface area contributed by atoms with E-state index in [9.17, 15) is 4.79 Å². The standard InChI is InChI=1S/C24H25N3O2S/c1-5-29-23(28)21-17(4)27-22(25-14-18-10-6-8-15(2)12-18)20(26-24(27)30-21)19-11-7-9-16(3)13-19/h6-13,25H,5,14H2,1-4H3. The Morgan fingerprint density at radius 2 is 1.83 bits per heavy atom. The fourth-order valence-electron chi connectivity index (χ4n) is 3.60. The highest BCUT2D eigenvalue weighted by molar-refractivity contribution is 7.19. The van der Waals surface area contributed by atoms with E-state index in [-0.39, 0.29) is 5.97 Å². The molecule has 0 spiro atoms. The van der Waals surface area contributed by atoms with Gasteiger partial charge in [0.1, 0.15) is 16.4 Å². The van der Waals surface area contributed by atoms with Crippen molar-refractivity contribution >= 4 is 28.1 Å². The highest BCUT2D eigenvalue weighted by Gasteiger charge is 2.23. The number of fused-ring (bicyclic) bond motifs is 1. The number of ether oxygens (including phenoxy) is 1. The van der Waals surface area contributed by atoms with Crippen molar-refractivity contribution in [3.05, 3.63) is 75.8 Å². The van der Waals surface area contributed by atoms with E-state index in [4.69, 9.17) is 9.72 Å². The van der Waals surface area contributed by atoms with Crippen molar-refractivity contribution in [2.24, 2.45) is 0 Å². The Kier molecular flexibility index (Phi) is 5.59. The summed E-state index contributed by atoms with van der Waals surface area (Å²) in [7, 11) is 0. The van der Waals surface area contributed by atoms with E-state index in [1.807, 2.05) is 24.3 Å². The van der Waals surface area contributed by atoms with Crippen LogP contribution in [-0.4, -0.2) is 22.0 Å². The van der Waals surface area contributed by atoms with Gasteiger partial charge in [-0.15, -0.1) is 0 Å². The summed E-state index contributed by atoms with van der Waals surface area (Å²) in [5, 5.41) is 3.58. The second kappa shape index (κ2) is 8.32. The quantitative estimate of drug-likeness (QED) is 0.403. The molecule has 0 fully saturated rings. The van der Waals surface area contributed by atoms with Crippen LogP contribution in [0.2, 0.25) is 0 Å². The van der Waals surface area contributed by atoms with Crippen LogP contribution in [-0.2, 0) is 11.3 Å². The molecular formula is C24H25N3O2S. The molecule has 0 aliphatic carbocycles. The molecule has 2 heterocycles. The number of carbonyl (C=O) groups excluding carboxylic acids is 1. The topological polar surface area (TPSA) is 55.6 Å². The minimum Gasteiger partial charge on any atom is -0.462 e. The lowest BCUT2D eigenvalue weighted by Gasteiger charge is -2.11. The van der Waals surface area contributed by atoms with Crippen LogP contribution in [0.25, 0.3) is 16.2 Å². The van der Waals surface area contributed by atoms with Crippen LogP contribution in [0.1, 0.15) is 39.0 Å². The van der Waals surface area contributed by atoms with Crippen LogP contribution in [0.5, 0.6) is 0 Å². The third-order valence-corrected chi connectivity index (χ3v) is 6.12. The van der Waals surface area contributed by atoms with E-state index in [0.29, 0.717) is 18.0 Å². The average molecular weight is 420 g/mol. The minimum absolute atomic E-state index is 0.299. The van der Waals surface area contributed by atoms with Gasteiger partial charge in [0, 0.05) is 17.8 Å². The number of thiazole rings is 1. The first-order valence-electron chi connectivity index (χ1n) is 10.0. The maximum atomic E-state index is 12.4. The molecule has 0 aliphatic heterocycles. The lowest BCUT2D eigenvalue weighted by molar-refractivity contribution is 0.0531. The molecule has 2 aromatic carbocycles. The van der Waals surface area contributed by atoms with Crippen molar-refractivity contribution in [2.75, 3.05) is 11.9 Å². The van der Waals surface area contributed by atoms with Crippen molar-refractivity contribution in [3.8, 4) is 11.3 Å². The van der Waals surface area contributed by atoms with Gasteiger partial charge in [0.15, 0.2) is 4.96 Å². The molecule has 4 aromatic rings. The number of hydrogen-bond donors (Lipinski definition) is 1. The first kappa shape index (κ1) is 20.2. The van der Waals surface area contributed by atoms with E-state index < -0.39 is 0 Å². The summed E-state index contributed by atoms with van der Waals surface area (Å²) >= 11 is 1.37.